The number of rotatable bonds is 4. The lowest BCUT2D eigenvalue weighted by molar-refractivity contribution is -0.290. The zero-order valence-corrected chi connectivity index (χ0v) is 12.4. The van der Waals surface area contributed by atoms with Gasteiger partial charge in [0.25, 0.3) is 0 Å². The Bertz CT molecular complexity index is 422. The van der Waals surface area contributed by atoms with Crippen LogP contribution in [0.25, 0.3) is 0 Å². The van der Waals surface area contributed by atoms with Crippen molar-refractivity contribution in [3.8, 4) is 0 Å². The zero-order chi connectivity index (χ0) is 13.8. The second-order valence-corrected chi connectivity index (χ2v) is 5.90. The van der Waals surface area contributed by atoms with E-state index in [0.717, 1.165) is 31.7 Å². The minimum absolute atomic E-state index is 0.564. The lowest BCUT2D eigenvalue weighted by atomic mass is 9.96. The summed E-state index contributed by atoms with van der Waals surface area (Å²) < 4.78 is 12.5. The van der Waals surface area contributed by atoms with Crippen LogP contribution in [0.3, 0.4) is 0 Å². The fourth-order valence-corrected chi connectivity index (χ4v) is 3.31. The molecule has 2 heterocycles. The molecular formula is C17H25NO2. The molecular weight excluding hydrogens is 250 g/mol. The van der Waals surface area contributed by atoms with Gasteiger partial charge in [0.05, 0.1) is 19.8 Å². The number of nitrogens with zero attached hydrogens (tertiary/aromatic N) is 1. The fraction of sp³-hybridized carbons (Fsp3) is 0.647. The van der Waals surface area contributed by atoms with Gasteiger partial charge in [-0.05, 0) is 25.8 Å². The van der Waals surface area contributed by atoms with Crippen molar-refractivity contribution in [2.24, 2.45) is 0 Å². The number of hydrogen-bond acceptors (Lipinski definition) is 3. The molecule has 20 heavy (non-hydrogen) atoms. The van der Waals surface area contributed by atoms with Crippen LogP contribution in [0.5, 0.6) is 0 Å². The average Bonchev–Trinajstić information content (AvgIpc) is 2.53. The van der Waals surface area contributed by atoms with Crippen LogP contribution >= 0.6 is 0 Å². The van der Waals surface area contributed by atoms with Gasteiger partial charge < -0.3 is 9.47 Å². The average molecular weight is 275 g/mol. The Morgan fingerprint density at radius 2 is 2.15 bits per heavy atom. The molecule has 2 unspecified atom stereocenters. The molecule has 2 aliphatic rings. The molecule has 3 heteroatoms. The highest BCUT2D eigenvalue weighted by Crippen LogP contribution is 2.35. The molecule has 0 N–H and O–H groups in total. The van der Waals surface area contributed by atoms with E-state index >= 15 is 0 Å². The van der Waals surface area contributed by atoms with E-state index in [0.29, 0.717) is 6.04 Å². The number of ether oxygens (including phenoxy) is 2. The molecule has 0 saturated carbocycles. The van der Waals surface area contributed by atoms with Crippen molar-refractivity contribution in [3.05, 3.63) is 35.9 Å². The minimum Gasteiger partial charge on any atom is -0.345 e. The normalized spacial score (nSPS) is 30.9. The summed E-state index contributed by atoms with van der Waals surface area (Å²) in [6.45, 7) is 5.72. The van der Waals surface area contributed by atoms with Gasteiger partial charge in [0.1, 0.15) is 0 Å². The van der Waals surface area contributed by atoms with Crippen molar-refractivity contribution < 1.29 is 9.47 Å². The molecule has 0 radical (unpaired) electrons. The lowest BCUT2D eigenvalue weighted by Crippen LogP contribution is -2.57. The Labute approximate surface area is 121 Å². The molecule has 2 aliphatic heterocycles. The minimum atomic E-state index is -0.564. The Morgan fingerprint density at radius 3 is 2.95 bits per heavy atom. The second-order valence-electron chi connectivity index (χ2n) is 5.90. The van der Waals surface area contributed by atoms with Gasteiger partial charge in [-0.15, -0.1) is 0 Å². The molecule has 0 bridgehead atoms. The number of benzene rings is 1. The highest BCUT2D eigenvalue weighted by atomic mass is 16.7. The summed E-state index contributed by atoms with van der Waals surface area (Å²) in [7, 11) is 0. The Hall–Kier alpha value is -0.900. The van der Waals surface area contributed by atoms with Crippen molar-refractivity contribution in [2.75, 3.05) is 26.3 Å². The Morgan fingerprint density at radius 1 is 1.30 bits per heavy atom. The van der Waals surface area contributed by atoms with E-state index in [9.17, 15) is 0 Å². The van der Waals surface area contributed by atoms with E-state index in [1.807, 2.05) is 6.07 Å². The maximum absolute atomic E-state index is 6.26. The summed E-state index contributed by atoms with van der Waals surface area (Å²) in [5.41, 5.74) is 1.15. The molecule has 3 nitrogen and oxygen atoms in total. The summed E-state index contributed by atoms with van der Waals surface area (Å²) in [6, 6.07) is 11.0. The standard InChI is InChI=1S/C17H25NO2/c1-2-12-19-17(15-8-4-3-5-9-15)14-18-11-7-6-10-16(18)13-20-17/h3-5,8-9,16H,2,6-7,10-14H2,1H3. The quantitative estimate of drug-likeness (QED) is 0.842. The van der Waals surface area contributed by atoms with Gasteiger partial charge in [0.15, 0.2) is 0 Å². The molecule has 0 aromatic heterocycles. The first-order valence-electron chi connectivity index (χ1n) is 7.91. The van der Waals surface area contributed by atoms with E-state index in [4.69, 9.17) is 9.47 Å². The smallest absolute Gasteiger partial charge is 0.208 e. The number of fused-ring (bicyclic) bond motifs is 1. The van der Waals surface area contributed by atoms with Crippen LogP contribution in [0.15, 0.2) is 30.3 Å². The molecule has 1 aromatic rings. The molecule has 2 fully saturated rings. The monoisotopic (exact) mass is 275 g/mol. The molecule has 1 aromatic carbocycles. The highest BCUT2D eigenvalue weighted by molar-refractivity contribution is 5.21. The third-order valence-electron chi connectivity index (χ3n) is 4.42. The number of piperidine rings is 1. The van der Waals surface area contributed by atoms with Crippen molar-refractivity contribution in [2.45, 2.75) is 44.4 Å². The van der Waals surface area contributed by atoms with Crippen LogP contribution in [0.2, 0.25) is 0 Å². The van der Waals surface area contributed by atoms with Crippen LogP contribution in [-0.4, -0.2) is 37.2 Å². The first-order chi connectivity index (χ1) is 9.84. The third kappa shape index (κ3) is 2.76. The number of morpholine rings is 1. The summed E-state index contributed by atoms with van der Waals surface area (Å²) in [4.78, 5) is 2.57. The first kappa shape index (κ1) is 14.1. The summed E-state index contributed by atoms with van der Waals surface area (Å²) in [5.74, 6) is -0.564. The lowest BCUT2D eigenvalue weighted by Gasteiger charge is -2.48. The summed E-state index contributed by atoms with van der Waals surface area (Å²) in [6.07, 6.45) is 4.91. The highest BCUT2D eigenvalue weighted by Gasteiger charge is 2.43. The maximum Gasteiger partial charge on any atom is 0.208 e. The first-order valence-corrected chi connectivity index (χ1v) is 7.91. The van der Waals surface area contributed by atoms with E-state index in [1.54, 1.807) is 0 Å². The van der Waals surface area contributed by atoms with Gasteiger partial charge >= 0.3 is 0 Å². The van der Waals surface area contributed by atoms with Crippen LogP contribution in [0.4, 0.5) is 0 Å². The maximum atomic E-state index is 6.26. The third-order valence-corrected chi connectivity index (χ3v) is 4.42. The topological polar surface area (TPSA) is 21.7 Å². The largest absolute Gasteiger partial charge is 0.345 e. The van der Waals surface area contributed by atoms with E-state index in [-0.39, 0.29) is 0 Å². The van der Waals surface area contributed by atoms with Crippen LogP contribution in [0.1, 0.15) is 38.2 Å². The van der Waals surface area contributed by atoms with Crippen molar-refractivity contribution in [1.29, 1.82) is 0 Å². The predicted molar refractivity (Wildman–Crippen MR) is 79.5 cm³/mol. The van der Waals surface area contributed by atoms with Gasteiger partial charge in [-0.25, -0.2) is 0 Å². The van der Waals surface area contributed by atoms with Gasteiger partial charge in [0, 0.05) is 11.6 Å². The molecule has 0 aliphatic carbocycles. The molecule has 0 amide bonds. The molecule has 110 valence electrons. The number of hydrogen-bond donors (Lipinski definition) is 0. The molecule has 0 spiro atoms. The van der Waals surface area contributed by atoms with Gasteiger partial charge in [0.2, 0.25) is 5.79 Å². The van der Waals surface area contributed by atoms with Gasteiger partial charge in [-0.2, -0.15) is 0 Å². The Kier molecular flexibility index (Phi) is 4.39. The van der Waals surface area contributed by atoms with Crippen molar-refractivity contribution >= 4 is 0 Å². The summed E-state index contributed by atoms with van der Waals surface area (Å²) in [5, 5.41) is 0. The van der Waals surface area contributed by atoms with E-state index in [1.165, 1.54) is 25.8 Å². The van der Waals surface area contributed by atoms with Crippen LogP contribution in [-0.2, 0) is 15.3 Å². The van der Waals surface area contributed by atoms with E-state index in [2.05, 4.69) is 36.1 Å². The SMILES string of the molecule is CCCOC1(c2ccccc2)CN2CCCCC2CO1. The molecule has 3 rings (SSSR count). The zero-order valence-electron chi connectivity index (χ0n) is 12.4. The van der Waals surface area contributed by atoms with Crippen molar-refractivity contribution in [1.82, 2.24) is 4.90 Å². The fourth-order valence-electron chi connectivity index (χ4n) is 3.31. The van der Waals surface area contributed by atoms with Gasteiger partial charge in [-0.3, -0.25) is 4.90 Å². The second kappa shape index (κ2) is 6.25. The van der Waals surface area contributed by atoms with Gasteiger partial charge in [-0.1, -0.05) is 43.7 Å². The van der Waals surface area contributed by atoms with Crippen LogP contribution in [0, 0.1) is 0 Å². The molecule has 2 atom stereocenters. The molecule has 2 saturated heterocycles. The van der Waals surface area contributed by atoms with Crippen molar-refractivity contribution in [3.63, 3.8) is 0 Å². The predicted octanol–water partition coefficient (Wildman–Crippen LogP) is 3.15. The van der Waals surface area contributed by atoms with Crippen LogP contribution < -0.4 is 0 Å². The summed E-state index contributed by atoms with van der Waals surface area (Å²) >= 11 is 0. The Balaban J connectivity index is 1.83. The van der Waals surface area contributed by atoms with E-state index < -0.39 is 5.79 Å².